The normalized spacial score (nSPS) is 14.9. The average molecular weight is 361 g/mol. The van der Waals surface area contributed by atoms with Crippen LogP contribution in [0.2, 0.25) is 0 Å². The number of nitrogens with zero attached hydrogens (tertiary/aromatic N) is 2. The van der Waals surface area contributed by atoms with E-state index in [1.54, 1.807) is 19.0 Å². The van der Waals surface area contributed by atoms with Gasteiger partial charge in [0.05, 0.1) is 6.61 Å². The maximum Gasteiger partial charge on any atom is 0.319 e. The molecular weight excluding hydrogens is 330 g/mol. The van der Waals surface area contributed by atoms with E-state index >= 15 is 0 Å². The first-order chi connectivity index (χ1) is 12.6. The molecule has 1 heterocycles. The number of benzene rings is 1. The van der Waals surface area contributed by atoms with Gasteiger partial charge in [-0.2, -0.15) is 0 Å². The predicted octanol–water partition coefficient (Wildman–Crippen LogP) is 2.15. The minimum Gasteiger partial charge on any atom is -0.381 e. The maximum atomic E-state index is 12.2. The Kier molecular flexibility index (Phi) is 8.41. The van der Waals surface area contributed by atoms with Crippen LogP contribution in [0.1, 0.15) is 24.8 Å². The Labute approximate surface area is 156 Å². The van der Waals surface area contributed by atoms with Crippen molar-refractivity contribution in [3.05, 3.63) is 35.9 Å². The monoisotopic (exact) mass is 361 g/mol. The van der Waals surface area contributed by atoms with Gasteiger partial charge in [0, 0.05) is 46.3 Å². The number of nitrogens with one attached hydrogen (secondary N) is 1. The Balaban J connectivity index is 1.51. The Hall–Kier alpha value is -2.08. The van der Waals surface area contributed by atoms with Gasteiger partial charge in [-0.3, -0.25) is 4.79 Å². The van der Waals surface area contributed by atoms with Crippen molar-refractivity contribution in [2.75, 3.05) is 46.9 Å². The molecule has 0 radical (unpaired) electrons. The van der Waals surface area contributed by atoms with Crippen molar-refractivity contribution in [2.24, 2.45) is 5.92 Å². The summed E-state index contributed by atoms with van der Waals surface area (Å²) in [7, 11) is 3.51. The summed E-state index contributed by atoms with van der Waals surface area (Å²) in [4.78, 5) is 27.5. The number of rotatable bonds is 8. The summed E-state index contributed by atoms with van der Waals surface area (Å²) in [6.45, 7) is 3.30. The third kappa shape index (κ3) is 6.67. The lowest BCUT2D eigenvalue weighted by molar-refractivity contribution is -0.126. The van der Waals surface area contributed by atoms with Crippen LogP contribution in [0, 0.1) is 5.92 Å². The highest BCUT2D eigenvalue weighted by Crippen LogP contribution is 2.18. The summed E-state index contributed by atoms with van der Waals surface area (Å²) in [6.07, 6.45) is 3.20. The first-order valence-corrected chi connectivity index (χ1v) is 9.43. The number of piperidine rings is 1. The molecule has 1 aromatic carbocycles. The molecule has 0 saturated carbocycles. The zero-order valence-corrected chi connectivity index (χ0v) is 15.9. The number of carbonyl (C=O) groups excluding carboxylic acids is 2. The molecule has 0 aliphatic carbocycles. The highest BCUT2D eigenvalue weighted by atomic mass is 16.5. The Bertz CT molecular complexity index is 555. The lowest BCUT2D eigenvalue weighted by atomic mass is 9.96. The number of hydrogen-bond donors (Lipinski definition) is 1. The van der Waals surface area contributed by atoms with Crippen LogP contribution >= 0.6 is 0 Å². The summed E-state index contributed by atoms with van der Waals surface area (Å²) in [5.74, 6) is 0.117. The fraction of sp³-hybridized carbons (Fsp3) is 0.600. The highest BCUT2D eigenvalue weighted by molar-refractivity contribution is 5.79. The molecule has 6 heteroatoms. The summed E-state index contributed by atoms with van der Waals surface area (Å²) in [5.41, 5.74) is 1.28. The average Bonchev–Trinajstić information content (AvgIpc) is 2.67. The number of carbonyl (C=O) groups is 2. The molecule has 26 heavy (non-hydrogen) atoms. The van der Waals surface area contributed by atoms with E-state index in [0.29, 0.717) is 32.8 Å². The third-order valence-electron chi connectivity index (χ3n) is 4.66. The fourth-order valence-corrected chi connectivity index (χ4v) is 3.08. The van der Waals surface area contributed by atoms with Gasteiger partial charge in [0.15, 0.2) is 0 Å². The van der Waals surface area contributed by atoms with Gasteiger partial charge in [0.2, 0.25) is 5.91 Å². The van der Waals surface area contributed by atoms with Crippen LogP contribution in [-0.4, -0.2) is 68.7 Å². The quantitative estimate of drug-likeness (QED) is 0.722. The van der Waals surface area contributed by atoms with E-state index < -0.39 is 0 Å². The molecule has 0 bridgehead atoms. The van der Waals surface area contributed by atoms with Gasteiger partial charge in [-0.1, -0.05) is 30.3 Å². The topological polar surface area (TPSA) is 61.9 Å². The smallest absolute Gasteiger partial charge is 0.319 e. The predicted molar refractivity (Wildman–Crippen MR) is 102 cm³/mol. The number of likely N-dealkylation sites (tertiary alicyclic amines) is 1. The van der Waals surface area contributed by atoms with Crippen LogP contribution in [0.25, 0.3) is 0 Å². The van der Waals surface area contributed by atoms with Crippen LogP contribution in [0.4, 0.5) is 4.79 Å². The van der Waals surface area contributed by atoms with Crippen molar-refractivity contribution in [3.63, 3.8) is 0 Å². The number of amides is 3. The first-order valence-electron chi connectivity index (χ1n) is 9.43. The molecule has 1 aliphatic rings. The highest BCUT2D eigenvalue weighted by Gasteiger charge is 2.27. The molecule has 1 aliphatic heterocycles. The number of hydrogen-bond acceptors (Lipinski definition) is 3. The summed E-state index contributed by atoms with van der Waals surface area (Å²) in [6, 6.07) is 10.3. The maximum absolute atomic E-state index is 12.2. The van der Waals surface area contributed by atoms with Crippen molar-refractivity contribution in [1.29, 1.82) is 0 Å². The standard InChI is InChI=1S/C20H31N3O3/c1-22(2)20(25)23-13-9-18(10-14-23)19(24)21-12-6-15-26-16-11-17-7-4-3-5-8-17/h3-5,7-8,18H,6,9-16H2,1-2H3,(H,21,24). The second-order valence-electron chi connectivity index (χ2n) is 6.93. The second-order valence-corrected chi connectivity index (χ2v) is 6.93. The van der Waals surface area contributed by atoms with Crippen LogP contribution in [0.5, 0.6) is 0 Å². The summed E-state index contributed by atoms with van der Waals surface area (Å²) < 4.78 is 5.63. The Morgan fingerprint density at radius 1 is 1.15 bits per heavy atom. The molecule has 1 aromatic rings. The van der Waals surface area contributed by atoms with Gasteiger partial charge < -0.3 is 19.9 Å². The van der Waals surface area contributed by atoms with E-state index in [4.69, 9.17) is 4.74 Å². The van der Waals surface area contributed by atoms with E-state index in [1.165, 1.54) is 5.56 Å². The van der Waals surface area contributed by atoms with Gasteiger partial charge >= 0.3 is 6.03 Å². The van der Waals surface area contributed by atoms with E-state index in [-0.39, 0.29) is 17.9 Å². The van der Waals surface area contributed by atoms with E-state index in [1.807, 2.05) is 23.1 Å². The molecule has 2 rings (SSSR count). The molecule has 144 valence electrons. The van der Waals surface area contributed by atoms with Gasteiger partial charge in [0.1, 0.15) is 0 Å². The van der Waals surface area contributed by atoms with Crippen LogP contribution < -0.4 is 5.32 Å². The zero-order chi connectivity index (χ0) is 18.8. The van der Waals surface area contributed by atoms with Gasteiger partial charge in [-0.15, -0.1) is 0 Å². The molecular formula is C20H31N3O3. The molecule has 0 spiro atoms. The summed E-state index contributed by atoms with van der Waals surface area (Å²) >= 11 is 0. The van der Waals surface area contributed by atoms with Crippen molar-refractivity contribution in [1.82, 2.24) is 15.1 Å². The van der Waals surface area contributed by atoms with E-state index in [9.17, 15) is 9.59 Å². The van der Waals surface area contributed by atoms with Crippen molar-refractivity contribution in [2.45, 2.75) is 25.7 Å². The summed E-state index contributed by atoms with van der Waals surface area (Å²) in [5, 5.41) is 3.00. The molecule has 3 amide bonds. The SMILES string of the molecule is CN(C)C(=O)N1CCC(C(=O)NCCCOCCc2ccccc2)CC1. The van der Waals surface area contributed by atoms with E-state index in [0.717, 1.165) is 25.7 Å². The van der Waals surface area contributed by atoms with Crippen LogP contribution in [0.3, 0.4) is 0 Å². The number of urea groups is 1. The molecule has 0 atom stereocenters. The van der Waals surface area contributed by atoms with Crippen molar-refractivity contribution >= 4 is 11.9 Å². The minimum atomic E-state index is 0.0141. The molecule has 1 fully saturated rings. The fourth-order valence-electron chi connectivity index (χ4n) is 3.08. The lowest BCUT2D eigenvalue weighted by Crippen LogP contribution is -2.46. The second kappa shape index (κ2) is 10.8. The Morgan fingerprint density at radius 2 is 1.85 bits per heavy atom. The number of ether oxygens (including phenoxy) is 1. The molecule has 1 saturated heterocycles. The molecule has 1 N–H and O–H groups in total. The van der Waals surface area contributed by atoms with E-state index in [2.05, 4.69) is 17.4 Å². The molecule has 6 nitrogen and oxygen atoms in total. The largest absolute Gasteiger partial charge is 0.381 e. The third-order valence-corrected chi connectivity index (χ3v) is 4.66. The molecule has 0 unspecified atom stereocenters. The van der Waals surface area contributed by atoms with Crippen molar-refractivity contribution in [3.8, 4) is 0 Å². The molecule has 0 aromatic heterocycles. The van der Waals surface area contributed by atoms with Crippen molar-refractivity contribution < 1.29 is 14.3 Å². The Morgan fingerprint density at radius 3 is 2.50 bits per heavy atom. The van der Waals surface area contributed by atoms with Gasteiger partial charge in [-0.25, -0.2) is 4.79 Å². The minimum absolute atomic E-state index is 0.0141. The first kappa shape index (κ1) is 20.2. The van der Waals surface area contributed by atoms with Gasteiger partial charge in [-0.05, 0) is 31.2 Å². The van der Waals surface area contributed by atoms with Gasteiger partial charge in [0.25, 0.3) is 0 Å². The lowest BCUT2D eigenvalue weighted by Gasteiger charge is -2.33. The van der Waals surface area contributed by atoms with Crippen LogP contribution in [-0.2, 0) is 16.0 Å². The zero-order valence-electron chi connectivity index (χ0n) is 15.9. The van der Waals surface area contributed by atoms with Crippen LogP contribution in [0.15, 0.2) is 30.3 Å².